The molecule has 0 aromatic heterocycles. The van der Waals surface area contributed by atoms with Crippen molar-refractivity contribution in [3.63, 3.8) is 0 Å². The maximum absolute atomic E-state index is 12.7. The zero-order valence-electron chi connectivity index (χ0n) is 35.7. The molecule has 0 aliphatic rings. The number of anilines is 1. The molecular formula is C37H48ClF3N5O16PS. The van der Waals surface area contributed by atoms with Crippen LogP contribution in [-0.2, 0) is 40.7 Å². The summed E-state index contributed by atoms with van der Waals surface area (Å²) in [6, 6.07) is 6.70. The molecule has 3 aromatic carbocycles. The number of benzene rings is 3. The van der Waals surface area contributed by atoms with Gasteiger partial charge in [0.2, 0.25) is 0 Å². The van der Waals surface area contributed by atoms with Gasteiger partial charge in [-0.05, 0) is 74.3 Å². The van der Waals surface area contributed by atoms with E-state index in [4.69, 9.17) is 31.1 Å². The molecule has 0 amide bonds. The van der Waals surface area contributed by atoms with Crippen molar-refractivity contribution in [1.29, 1.82) is 0 Å². The van der Waals surface area contributed by atoms with E-state index < -0.39 is 82.7 Å². The van der Waals surface area contributed by atoms with E-state index in [0.717, 1.165) is 43.2 Å². The lowest BCUT2D eigenvalue weighted by molar-refractivity contribution is -0.392. The molecule has 0 aliphatic heterocycles. The minimum Gasteiger partial charge on any atom is -0.778 e. The largest absolute Gasteiger partial charge is 0.778 e. The maximum atomic E-state index is 12.7. The van der Waals surface area contributed by atoms with Gasteiger partial charge in [0, 0.05) is 29.8 Å². The first kappa shape index (κ1) is 58.4. The quantitative estimate of drug-likeness (QED) is 0.0343. The standard InChI is InChI=1S/C18H13ClF3NO7.C13H19N3O4.C3H8NO5P.C3H9S/c1-2-28-16(24)9-29-17(25)12-8-11(4-5-14(12)23(26)27)30-15-6-3-10(7-13(15)19)18(20,21)22;1-5-10(6-2)14-12-11(15(17)18)7-8(3)9(4)13(12)16(19)20;5-3(6)1-4-2-10(7,8)9;1-4(2)3/h3-8H,2,9H2,1H3;7,10,14H,5-6H2,1-4H3;4H,1-2H2,(H,5,6)(H2,7,8,9);1-3H3/q;;;+1/p-1. The predicted molar refractivity (Wildman–Crippen MR) is 229 cm³/mol. The van der Waals surface area contributed by atoms with Gasteiger partial charge in [0.15, 0.2) is 12.3 Å². The maximum Gasteiger partial charge on any atom is 0.416 e. The first-order valence-corrected chi connectivity index (χ1v) is 22.9. The molecule has 0 spiro atoms. The zero-order valence-corrected chi connectivity index (χ0v) is 38.1. The van der Waals surface area contributed by atoms with Crippen LogP contribution in [0.5, 0.6) is 11.5 Å². The predicted octanol–water partition coefficient (Wildman–Crippen LogP) is 7.16. The number of hydrogen-bond acceptors (Lipinski definition) is 16. The number of nitrogens with zero attached hydrogens (tertiary/aromatic N) is 3. The van der Waals surface area contributed by atoms with E-state index in [1.165, 1.54) is 13.0 Å². The first-order valence-electron chi connectivity index (χ1n) is 18.3. The minimum absolute atomic E-state index is 0.0109. The number of alkyl halides is 3. The van der Waals surface area contributed by atoms with Crippen molar-refractivity contribution in [2.45, 2.75) is 59.7 Å². The van der Waals surface area contributed by atoms with Crippen LogP contribution in [0.15, 0.2) is 42.5 Å². The van der Waals surface area contributed by atoms with Crippen molar-refractivity contribution >= 4 is 70.7 Å². The summed E-state index contributed by atoms with van der Waals surface area (Å²) in [5.74, 6) is -3.53. The molecule has 0 radical (unpaired) electrons. The Labute approximate surface area is 372 Å². The van der Waals surface area contributed by atoms with E-state index >= 15 is 0 Å². The number of aliphatic carboxylic acids is 1. The highest BCUT2D eigenvalue weighted by Crippen LogP contribution is 2.40. The van der Waals surface area contributed by atoms with Crippen LogP contribution in [0.4, 0.5) is 35.9 Å². The van der Waals surface area contributed by atoms with Gasteiger partial charge in [-0.15, -0.1) is 0 Å². The topological polar surface area (TPSA) is 313 Å². The highest BCUT2D eigenvalue weighted by atomic mass is 35.5. The van der Waals surface area contributed by atoms with Crippen LogP contribution in [0.1, 0.15) is 60.7 Å². The van der Waals surface area contributed by atoms with Crippen molar-refractivity contribution in [3.05, 3.63) is 100 Å². The van der Waals surface area contributed by atoms with Gasteiger partial charge in [-0.3, -0.25) is 40.5 Å². The molecule has 27 heteroatoms. The van der Waals surface area contributed by atoms with Gasteiger partial charge >= 0.3 is 29.8 Å². The number of carboxylic acids is 1. The summed E-state index contributed by atoms with van der Waals surface area (Å²) >= 11 is 5.81. The molecule has 1 atom stereocenters. The zero-order chi connectivity index (χ0) is 49.7. The molecule has 0 fully saturated rings. The van der Waals surface area contributed by atoms with Gasteiger partial charge in [-0.2, -0.15) is 13.2 Å². The number of halogens is 4. The molecule has 64 heavy (non-hydrogen) atoms. The number of carboxylic acid groups (broad SMARTS) is 1. The SMILES string of the molecule is CCC(CC)Nc1c([N+](=O)[O-])cc(C)c(C)c1[N+](=O)[O-].CCOC(=O)COC(=O)c1cc(Oc2ccc(C(F)(F)F)cc2Cl)ccc1[N+](=O)[O-].C[S+](C)C.O=C(O)CNCP(=O)([O-])O. The molecule has 0 saturated carbocycles. The Morgan fingerprint density at radius 2 is 1.47 bits per heavy atom. The monoisotopic (exact) mass is 973 g/mol. The highest BCUT2D eigenvalue weighted by Gasteiger charge is 2.32. The number of nitrogens with one attached hydrogen (secondary N) is 2. The van der Waals surface area contributed by atoms with Gasteiger partial charge in [-0.25, -0.2) is 9.59 Å². The summed E-state index contributed by atoms with van der Waals surface area (Å²) in [6.45, 7) is 7.45. The molecule has 21 nitrogen and oxygen atoms in total. The first-order chi connectivity index (χ1) is 29.5. The minimum atomic E-state index is -4.61. The van der Waals surface area contributed by atoms with Crippen LogP contribution in [0.3, 0.4) is 0 Å². The van der Waals surface area contributed by atoms with E-state index in [1.807, 2.05) is 19.2 Å². The number of nitro benzene ring substituents is 3. The van der Waals surface area contributed by atoms with E-state index in [0.29, 0.717) is 28.1 Å². The summed E-state index contributed by atoms with van der Waals surface area (Å²) in [7, 11) is -3.71. The Morgan fingerprint density at radius 1 is 0.906 bits per heavy atom. The summed E-state index contributed by atoms with van der Waals surface area (Å²) < 4.78 is 62.7. The lowest BCUT2D eigenvalue weighted by Gasteiger charge is -2.17. The lowest BCUT2D eigenvalue weighted by Crippen LogP contribution is -2.25. The highest BCUT2D eigenvalue weighted by molar-refractivity contribution is 7.94. The summed E-state index contributed by atoms with van der Waals surface area (Å²) in [4.78, 5) is 82.8. The molecule has 0 aliphatic carbocycles. The average Bonchev–Trinajstić information content (AvgIpc) is 3.17. The van der Waals surface area contributed by atoms with E-state index in [2.05, 4.69) is 28.8 Å². The normalized spacial score (nSPS) is 11.6. The fourth-order valence-corrected chi connectivity index (χ4v) is 5.20. The number of nitro groups is 3. The second-order valence-corrected chi connectivity index (χ2v) is 17.6. The lowest BCUT2D eigenvalue weighted by atomic mass is 10.0. The Hall–Kier alpha value is -5.59. The number of ether oxygens (including phenoxy) is 3. The Morgan fingerprint density at radius 3 is 1.91 bits per heavy atom. The molecule has 3 aromatic rings. The van der Waals surface area contributed by atoms with Crippen molar-refractivity contribution in [2.24, 2.45) is 0 Å². The summed E-state index contributed by atoms with van der Waals surface area (Å²) in [5, 5.41) is 46.2. The van der Waals surface area contributed by atoms with E-state index in [-0.39, 0.29) is 46.2 Å². The molecular weight excluding hydrogens is 926 g/mol. The molecule has 1 unspecified atom stereocenters. The van der Waals surface area contributed by atoms with Crippen molar-refractivity contribution in [1.82, 2.24) is 5.32 Å². The smallest absolute Gasteiger partial charge is 0.416 e. The fraction of sp³-hybridized carbons (Fsp3) is 0.432. The summed E-state index contributed by atoms with van der Waals surface area (Å²) in [5.41, 5.74) is -1.61. The second-order valence-electron chi connectivity index (χ2n) is 13.1. The van der Waals surface area contributed by atoms with Crippen molar-refractivity contribution < 1.29 is 76.0 Å². The number of aryl methyl sites for hydroxylation is 1. The Bertz CT molecular complexity index is 2160. The van der Waals surface area contributed by atoms with Crippen LogP contribution in [-0.4, -0.2) is 93.5 Å². The van der Waals surface area contributed by atoms with E-state index in [9.17, 15) is 67.4 Å². The van der Waals surface area contributed by atoms with Crippen molar-refractivity contribution in [2.75, 3.05) is 50.1 Å². The van der Waals surface area contributed by atoms with Crippen LogP contribution < -0.4 is 20.3 Å². The van der Waals surface area contributed by atoms with Gasteiger partial charge in [0.05, 0.1) is 63.6 Å². The average molecular weight is 974 g/mol. The molecule has 0 saturated heterocycles. The van der Waals surface area contributed by atoms with Gasteiger partial charge in [0.25, 0.3) is 11.4 Å². The van der Waals surface area contributed by atoms with Crippen LogP contribution in [0, 0.1) is 44.2 Å². The van der Waals surface area contributed by atoms with Crippen molar-refractivity contribution in [3.8, 4) is 11.5 Å². The number of rotatable bonds is 17. The third-order valence-corrected chi connectivity index (χ3v) is 8.51. The van der Waals surface area contributed by atoms with E-state index in [1.54, 1.807) is 13.8 Å². The molecule has 0 bridgehead atoms. The van der Waals surface area contributed by atoms with Gasteiger partial charge in [0.1, 0.15) is 24.7 Å². The second kappa shape index (κ2) is 27.6. The molecule has 3 rings (SSSR count). The molecule has 356 valence electrons. The molecule has 4 N–H and O–H groups in total. The number of esters is 2. The summed E-state index contributed by atoms with van der Waals surface area (Å²) in [6.07, 6.45) is 2.74. The third kappa shape index (κ3) is 21.7. The van der Waals surface area contributed by atoms with Crippen LogP contribution >= 0.6 is 19.2 Å². The number of carbonyl (C=O) groups is 3. The van der Waals surface area contributed by atoms with Gasteiger partial charge in [-0.1, -0.05) is 25.4 Å². The molecule has 0 heterocycles. The number of carbonyl (C=O) groups excluding carboxylic acids is 2. The fourth-order valence-electron chi connectivity index (χ4n) is 4.59. The van der Waals surface area contributed by atoms with Gasteiger partial charge < -0.3 is 39.0 Å². The Kier molecular flexibility index (Phi) is 25.2. The number of hydrogen-bond donors (Lipinski definition) is 4. The van der Waals surface area contributed by atoms with Crippen LogP contribution in [0.2, 0.25) is 5.02 Å². The Balaban J connectivity index is 0.000000997. The third-order valence-electron chi connectivity index (χ3n) is 7.59. The van der Waals surface area contributed by atoms with Crippen LogP contribution in [0.25, 0.3) is 0 Å².